The first-order chi connectivity index (χ1) is 6.32. The SMILES string of the molecule is CC(N)C(n1cc(Cl)cn1)C(F)(F)F. The number of rotatable bonds is 2. The molecule has 0 saturated carbocycles. The second-order valence-electron chi connectivity index (χ2n) is 2.98. The number of aromatic nitrogens is 2. The van der Waals surface area contributed by atoms with Crippen molar-refractivity contribution in [3.63, 3.8) is 0 Å². The summed E-state index contributed by atoms with van der Waals surface area (Å²) in [6, 6.07) is -2.92. The number of halogens is 4. The van der Waals surface area contributed by atoms with Crippen molar-refractivity contribution in [1.82, 2.24) is 9.78 Å². The summed E-state index contributed by atoms with van der Waals surface area (Å²) in [5.74, 6) is 0. The fourth-order valence-corrected chi connectivity index (χ4v) is 1.30. The van der Waals surface area contributed by atoms with E-state index in [-0.39, 0.29) is 5.02 Å². The van der Waals surface area contributed by atoms with Crippen molar-refractivity contribution in [2.75, 3.05) is 0 Å². The summed E-state index contributed by atoms with van der Waals surface area (Å²) in [5.41, 5.74) is 5.24. The van der Waals surface area contributed by atoms with Crippen LogP contribution < -0.4 is 5.73 Å². The maximum Gasteiger partial charge on any atom is 0.412 e. The number of hydrogen-bond donors (Lipinski definition) is 1. The van der Waals surface area contributed by atoms with Gasteiger partial charge in [0.2, 0.25) is 0 Å². The van der Waals surface area contributed by atoms with Crippen LogP contribution in [0.2, 0.25) is 5.02 Å². The molecule has 80 valence electrons. The van der Waals surface area contributed by atoms with E-state index < -0.39 is 18.3 Å². The average molecular weight is 228 g/mol. The van der Waals surface area contributed by atoms with E-state index in [1.165, 1.54) is 6.92 Å². The molecule has 1 aromatic heterocycles. The van der Waals surface area contributed by atoms with E-state index in [4.69, 9.17) is 17.3 Å². The molecule has 0 radical (unpaired) electrons. The molecule has 0 spiro atoms. The van der Waals surface area contributed by atoms with E-state index in [0.29, 0.717) is 0 Å². The molecule has 3 nitrogen and oxygen atoms in total. The van der Waals surface area contributed by atoms with Gasteiger partial charge in [-0.15, -0.1) is 0 Å². The third kappa shape index (κ3) is 2.39. The highest BCUT2D eigenvalue weighted by Crippen LogP contribution is 2.32. The Hall–Kier alpha value is -0.750. The first-order valence-corrected chi connectivity index (χ1v) is 4.22. The largest absolute Gasteiger partial charge is 0.412 e. The molecule has 2 unspecified atom stereocenters. The number of nitrogens with two attached hydrogens (primary N) is 1. The minimum atomic E-state index is -4.43. The van der Waals surface area contributed by atoms with Crippen LogP contribution in [0.25, 0.3) is 0 Å². The van der Waals surface area contributed by atoms with Gasteiger partial charge in [-0.1, -0.05) is 11.6 Å². The summed E-state index contributed by atoms with van der Waals surface area (Å²) in [7, 11) is 0. The van der Waals surface area contributed by atoms with Gasteiger partial charge >= 0.3 is 6.18 Å². The standard InChI is InChI=1S/C7H9ClF3N3/c1-4(12)6(7(9,10)11)14-3-5(8)2-13-14/h2-4,6H,12H2,1H3. The summed E-state index contributed by atoms with van der Waals surface area (Å²) in [6.45, 7) is 1.27. The van der Waals surface area contributed by atoms with Crippen LogP contribution >= 0.6 is 11.6 Å². The molecule has 0 fully saturated rings. The highest BCUT2D eigenvalue weighted by molar-refractivity contribution is 6.30. The number of hydrogen-bond acceptors (Lipinski definition) is 2. The van der Waals surface area contributed by atoms with Crippen LogP contribution in [-0.2, 0) is 0 Å². The van der Waals surface area contributed by atoms with Crippen molar-refractivity contribution < 1.29 is 13.2 Å². The highest BCUT2D eigenvalue weighted by atomic mass is 35.5. The Kier molecular flexibility index (Phi) is 3.06. The van der Waals surface area contributed by atoms with Gasteiger partial charge < -0.3 is 5.73 Å². The van der Waals surface area contributed by atoms with Gasteiger partial charge in [-0.2, -0.15) is 18.3 Å². The Labute approximate surface area is 83.6 Å². The van der Waals surface area contributed by atoms with Crippen molar-refractivity contribution in [1.29, 1.82) is 0 Å². The first kappa shape index (κ1) is 11.3. The zero-order chi connectivity index (χ0) is 10.9. The second kappa shape index (κ2) is 3.78. The van der Waals surface area contributed by atoms with Gasteiger partial charge in [0, 0.05) is 12.2 Å². The predicted molar refractivity (Wildman–Crippen MR) is 46.0 cm³/mol. The maximum absolute atomic E-state index is 12.5. The Bertz CT molecular complexity index is 307. The Morgan fingerprint density at radius 2 is 2.14 bits per heavy atom. The molecule has 2 atom stereocenters. The van der Waals surface area contributed by atoms with Gasteiger partial charge in [-0.3, -0.25) is 4.68 Å². The predicted octanol–water partition coefficient (Wildman–Crippen LogP) is 1.99. The molecule has 0 amide bonds. The van der Waals surface area contributed by atoms with Crippen LogP contribution in [0.5, 0.6) is 0 Å². The van der Waals surface area contributed by atoms with E-state index in [9.17, 15) is 13.2 Å². The lowest BCUT2D eigenvalue weighted by Gasteiger charge is -2.23. The van der Waals surface area contributed by atoms with E-state index in [1.807, 2.05) is 0 Å². The van der Waals surface area contributed by atoms with E-state index in [2.05, 4.69) is 5.10 Å². The highest BCUT2D eigenvalue weighted by Gasteiger charge is 2.44. The van der Waals surface area contributed by atoms with Gasteiger partial charge in [0.05, 0.1) is 11.2 Å². The Morgan fingerprint density at radius 1 is 1.57 bits per heavy atom. The second-order valence-corrected chi connectivity index (χ2v) is 3.42. The normalized spacial score (nSPS) is 16.7. The molecule has 0 bridgehead atoms. The summed E-state index contributed by atoms with van der Waals surface area (Å²) in [5, 5.41) is 3.64. The molecule has 7 heteroatoms. The third-order valence-corrected chi connectivity index (χ3v) is 1.88. The van der Waals surface area contributed by atoms with Crippen LogP contribution in [0, 0.1) is 0 Å². The van der Waals surface area contributed by atoms with Crippen molar-refractivity contribution in [3.8, 4) is 0 Å². The smallest absolute Gasteiger partial charge is 0.326 e. The van der Waals surface area contributed by atoms with Crippen molar-refractivity contribution in [2.45, 2.75) is 25.2 Å². The molecular weight excluding hydrogens is 219 g/mol. The Balaban J connectivity index is 3.01. The zero-order valence-corrected chi connectivity index (χ0v) is 8.05. The summed E-state index contributed by atoms with van der Waals surface area (Å²) in [6.07, 6.45) is -2.19. The lowest BCUT2D eigenvalue weighted by molar-refractivity contribution is -0.174. The summed E-state index contributed by atoms with van der Waals surface area (Å²) < 4.78 is 38.2. The van der Waals surface area contributed by atoms with Gasteiger partial charge in [0.25, 0.3) is 0 Å². The monoisotopic (exact) mass is 227 g/mol. The zero-order valence-electron chi connectivity index (χ0n) is 7.29. The molecule has 0 aliphatic carbocycles. The lowest BCUT2D eigenvalue weighted by atomic mass is 10.1. The quantitative estimate of drug-likeness (QED) is 0.840. The summed E-state index contributed by atoms with van der Waals surface area (Å²) >= 11 is 5.47. The van der Waals surface area contributed by atoms with Crippen LogP contribution in [0.1, 0.15) is 13.0 Å². The van der Waals surface area contributed by atoms with E-state index >= 15 is 0 Å². The van der Waals surface area contributed by atoms with Gasteiger partial charge in [-0.25, -0.2) is 0 Å². The van der Waals surface area contributed by atoms with E-state index in [1.54, 1.807) is 0 Å². The van der Waals surface area contributed by atoms with Crippen molar-refractivity contribution >= 4 is 11.6 Å². The first-order valence-electron chi connectivity index (χ1n) is 3.84. The molecule has 0 saturated heterocycles. The fourth-order valence-electron chi connectivity index (χ4n) is 1.16. The lowest BCUT2D eigenvalue weighted by Crippen LogP contribution is -2.40. The van der Waals surface area contributed by atoms with Crippen LogP contribution in [-0.4, -0.2) is 22.0 Å². The number of nitrogens with zero attached hydrogens (tertiary/aromatic N) is 2. The molecule has 0 aliphatic heterocycles. The van der Waals surface area contributed by atoms with E-state index in [0.717, 1.165) is 17.1 Å². The van der Waals surface area contributed by atoms with Crippen molar-refractivity contribution in [3.05, 3.63) is 17.4 Å². The maximum atomic E-state index is 12.5. The molecule has 1 rings (SSSR count). The number of alkyl halides is 3. The molecule has 0 aromatic carbocycles. The minimum absolute atomic E-state index is 0.153. The van der Waals surface area contributed by atoms with Crippen LogP contribution in [0.3, 0.4) is 0 Å². The van der Waals surface area contributed by atoms with Gasteiger partial charge in [-0.05, 0) is 6.92 Å². The molecule has 0 aliphatic rings. The molecule has 1 aromatic rings. The van der Waals surface area contributed by atoms with Gasteiger partial charge in [0.15, 0.2) is 6.04 Å². The topological polar surface area (TPSA) is 43.8 Å². The average Bonchev–Trinajstić information content (AvgIpc) is 2.31. The Morgan fingerprint density at radius 3 is 2.43 bits per heavy atom. The van der Waals surface area contributed by atoms with Crippen LogP contribution in [0.4, 0.5) is 13.2 Å². The fraction of sp³-hybridized carbons (Fsp3) is 0.571. The third-order valence-electron chi connectivity index (χ3n) is 1.69. The molecule has 1 heterocycles. The summed E-state index contributed by atoms with van der Waals surface area (Å²) in [4.78, 5) is 0. The minimum Gasteiger partial charge on any atom is -0.326 e. The van der Waals surface area contributed by atoms with Crippen LogP contribution in [0.15, 0.2) is 12.4 Å². The molecular formula is C7H9ClF3N3. The van der Waals surface area contributed by atoms with Gasteiger partial charge in [0.1, 0.15) is 0 Å². The molecule has 14 heavy (non-hydrogen) atoms. The molecule has 2 N–H and O–H groups in total. The van der Waals surface area contributed by atoms with Crippen molar-refractivity contribution in [2.24, 2.45) is 5.73 Å².